The van der Waals surface area contributed by atoms with Crippen molar-refractivity contribution in [3.63, 3.8) is 0 Å². The molecule has 0 amide bonds. The second kappa shape index (κ2) is 45.0. The van der Waals surface area contributed by atoms with Gasteiger partial charge in [0.1, 0.15) is 0 Å². The predicted octanol–water partition coefficient (Wildman–Crippen LogP) is 5.81. The summed E-state index contributed by atoms with van der Waals surface area (Å²) in [6, 6.07) is 0. The Hall–Kier alpha value is -0.121. The van der Waals surface area contributed by atoms with Crippen LogP contribution in [0.3, 0.4) is 0 Å². The molecule has 0 heterocycles. The molecule has 0 saturated carbocycles. The van der Waals surface area contributed by atoms with E-state index < -0.39 is 23.9 Å². The van der Waals surface area contributed by atoms with E-state index in [0.29, 0.717) is 25.0 Å². The van der Waals surface area contributed by atoms with Gasteiger partial charge in [-0.1, -0.05) is 181 Å². The normalized spacial score (nSPS) is 11.2. The Morgan fingerprint density at radius 3 is 0.680 bits per heavy atom. The summed E-state index contributed by atoms with van der Waals surface area (Å²) in [6.07, 6.45) is 36.2. The molecule has 280 valence electrons. The molecular weight excluding hydrogens is 689 g/mol. The summed E-state index contributed by atoms with van der Waals surface area (Å²) in [5.74, 6) is -5.76. The average molecular weight is 757 g/mol. The van der Waals surface area contributed by atoms with E-state index in [4.69, 9.17) is 0 Å². The molecule has 0 aliphatic rings. The van der Waals surface area contributed by atoms with E-state index in [1.807, 2.05) is 0 Å². The largest absolute Gasteiger partial charge is 2.00 e. The zero-order valence-electron chi connectivity index (χ0n) is 32.0. The van der Waals surface area contributed by atoms with Crippen molar-refractivity contribution in [2.24, 2.45) is 0 Å². The predicted molar refractivity (Wildman–Crippen MR) is 198 cm³/mol. The van der Waals surface area contributed by atoms with Crippen LogP contribution >= 0.6 is 0 Å². The van der Waals surface area contributed by atoms with E-state index >= 15 is 0 Å². The number of hydrogen-bond donors (Lipinski definition) is 0. The molecule has 0 saturated heterocycles. The number of carbonyl (C=O) groups excluding carboxylic acids is 4. The van der Waals surface area contributed by atoms with Crippen LogP contribution in [-0.4, -0.2) is 99.4 Å². The van der Waals surface area contributed by atoms with E-state index in [0.717, 1.165) is 25.7 Å². The maximum atomic E-state index is 10.7. The minimum atomic E-state index is -1.47. The first-order valence-electron chi connectivity index (χ1n) is 19.4. The van der Waals surface area contributed by atoms with Crippen molar-refractivity contribution < 1.29 is 39.6 Å². The molecule has 50 heavy (non-hydrogen) atoms. The molecule has 0 bridgehead atoms. The summed E-state index contributed by atoms with van der Waals surface area (Å²) < 4.78 is 0. The van der Waals surface area contributed by atoms with Gasteiger partial charge in [-0.05, 0) is 49.0 Å². The Kier molecular flexibility index (Phi) is 51.0. The molecule has 0 radical (unpaired) electrons. The maximum Gasteiger partial charge on any atom is 2.00 e. The zero-order chi connectivity index (χ0) is 36.1. The molecule has 0 fully saturated rings. The Bertz CT molecular complexity index is 803. The molecule has 0 rings (SSSR count). The number of carboxylic acids is 4. The van der Waals surface area contributed by atoms with Gasteiger partial charge < -0.3 is 39.6 Å². The molecule has 0 aliphatic carbocycles. The second-order valence-electron chi connectivity index (χ2n) is 13.2. The molecule has 0 aromatic rings. The van der Waals surface area contributed by atoms with Crippen LogP contribution in [0, 0.1) is 0 Å². The van der Waals surface area contributed by atoms with Gasteiger partial charge in [0.05, 0.1) is 23.9 Å². The standard InChI is InChI=1S/2C20H36O4.2Ca/c2*1-2-3-4-5-6-7-8-9-10-11-12-13-14-15-16-18(20(23)24)17-19(21)22;;/h2*17H,2-16H2,1H3,(H,21,22)(H,23,24);;/q;;2*+2/p-4/b2*18-17-;;. The van der Waals surface area contributed by atoms with Crippen LogP contribution in [0.5, 0.6) is 0 Å². The molecule has 8 nitrogen and oxygen atoms in total. The van der Waals surface area contributed by atoms with Crippen LogP contribution in [-0.2, 0) is 19.2 Å². The Labute approximate surface area is 365 Å². The molecule has 0 unspecified atom stereocenters. The van der Waals surface area contributed by atoms with Crippen molar-refractivity contribution in [1.82, 2.24) is 0 Å². The molecule has 0 N–H and O–H groups in total. The van der Waals surface area contributed by atoms with E-state index in [1.54, 1.807) is 0 Å². The molecule has 0 spiro atoms. The third kappa shape index (κ3) is 45.9. The van der Waals surface area contributed by atoms with Crippen molar-refractivity contribution >= 4 is 99.4 Å². The summed E-state index contributed by atoms with van der Waals surface area (Å²) in [7, 11) is 0. The number of unbranched alkanes of at least 4 members (excludes halogenated alkanes) is 26. The average Bonchev–Trinajstić information content (AvgIpc) is 3.03. The number of hydrogen-bond acceptors (Lipinski definition) is 8. The van der Waals surface area contributed by atoms with Gasteiger partial charge in [0.15, 0.2) is 0 Å². The first kappa shape index (κ1) is 56.6. The van der Waals surface area contributed by atoms with E-state index in [1.165, 1.54) is 141 Å². The minimum Gasteiger partial charge on any atom is -0.545 e. The van der Waals surface area contributed by atoms with Gasteiger partial charge in [-0.25, -0.2) is 0 Å². The fourth-order valence-electron chi connectivity index (χ4n) is 5.77. The van der Waals surface area contributed by atoms with Gasteiger partial charge in [-0.3, -0.25) is 0 Å². The first-order chi connectivity index (χ1) is 23.1. The fourth-order valence-corrected chi connectivity index (χ4v) is 5.77. The Morgan fingerprint density at radius 1 is 0.340 bits per heavy atom. The Balaban J connectivity index is -0.000000407. The minimum absolute atomic E-state index is 0. The monoisotopic (exact) mass is 756 g/mol. The van der Waals surface area contributed by atoms with Crippen molar-refractivity contribution in [3.8, 4) is 0 Å². The number of rotatable bonds is 34. The van der Waals surface area contributed by atoms with Crippen molar-refractivity contribution in [1.29, 1.82) is 0 Å². The zero-order valence-corrected chi connectivity index (χ0v) is 36.5. The summed E-state index contributed by atoms with van der Waals surface area (Å²) in [6.45, 7) is 4.49. The van der Waals surface area contributed by atoms with Gasteiger partial charge in [-0.2, -0.15) is 0 Å². The topological polar surface area (TPSA) is 161 Å². The third-order valence-corrected chi connectivity index (χ3v) is 8.71. The van der Waals surface area contributed by atoms with Crippen LogP contribution in [0.2, 0.25) is 0 Å². The van der Waals surface area contributed by atoms with Crippen LogP contribution in [0.25, 0.3) is 0 Å². The van der Waals surface area contributed by atoms with Crippen LogP contribution in [0.4, 0.5) is 0 Å². The number of aliphatic carboxylic acids is 4. The van der Waals surface area contributed by atoms with Gasteiger partial charge in [-0.15, -0.1) is 0 Å². The van der Waals surface area contributed by atoms with Crippen LogP contribution < -0.4 is 20.4 Å². The van der Waals surface area contributed by atoms with E-state index in [9.17, 15) is 39.6 Å². The van der Waals surface area contributed by atoms with Gasteiger partial charge in [0, 0.05) is 0 Å². The third-order valence-electron chi connectivity index (χ3n) is 8.71. The Morgan fingerprint density at radius 2 is 0.520 bits per heavy atom. The van der Waals surface area contributed by atoms with E-state index in [-0.39, 0.29) is 99.5 Å². The molecular formula is C40H68Ca2O8. The first-order valence-corrected chi connectivity index (χ1v) is 19.4. The van der Waals surface area contributed by atoms with Gasteiger partial charge in [0.25, 0.3) is 0 Å². The van der Waals surface area contributed by atoms with Crippen molar-refractivity contribution in [2.75, 3.05) is 0 Å². The number of carbonyl (C=O) groups is 4. The quantitative estimate of drug-likeness (QED) is 0.0452. The van der Waals surface area contributed by atoms with E-state index in [2.05, 4.69) is 13.8 Å². The van der Waals surface area contributed by atoms with Crippen LogP contribution in [0.15, 0.2) is 23.3 Å². The SMILES string of the molecule is CCCCCCCCCCCCCCCC/C(=C/C(=O)[O-])C(=O)[O-].CCCCCCCCCCCCCCCC/C(=C/C(=O)[O-])C(=O)[O-].[Ca+2].[Ca+2]. The van der Waals surface area contributed by atoms with Gasteiger partial charge >= 0.3 is 75.5 Å². The summed E-state index contributed by atoms with van der Waals surface area (Å²) in [4.78, 5) is 42.2. The summed E-state index contributed by atoms with van der Waals surface area (Å²) >= 11 is 0. The molecule has 0 aromatic heterocycles. The molecule has 0 aliphatic heterocycles. The summed E-state index contributed by atoms with van der Waals surface area (Å²) in [5.41, 5.74) is -0.345. The van der Waals surface area contributed by atoms with Crippen molar-refractivity contribution in [2.45, 2.75) is 206 Å². The summed E-state index contributed by atoms with van der Waals surface area (Å²) in [5, 5.41) is 42.2. The second-order valence-corrected chi connectivity index (χ2v) is 13.2. The molecule has 0 atom stereocenters. The van der Waals surface area contributed by atoms with Crippen molar-refractivity contribution in [3.05, 3.63) is 23.3 Å². The fraction of sp³-hybridized carbons (Fsp3) is 0.800. The molecule has 10 heteroatoms. The van der Waals surface area contributed by atoms with Crippen LogP contribution in [0.1, 0.15) is 206 Å². The van der Waals surface area contributed by atoms with Gasteiger partial charge in [0.2, 0.25) is 0 Å². The maximum absolute atomic E-state index is 10.7. The molecule has 0 aromatic carbocycles. The number of carboxylic acid groups (broad SMARTS) is 4. The smallest absolute Gasteiger partial charge is 0.545 e.